The first kappa shape index (κ1) is 26.0. The smallest absolute Gasteiger partial charge is 0.300 e. The third-order valence-electron chi connectivity index (χ3n) is 6.83. The Balaban J connectivity index is 1.88. The van der Waals surface area contributed by atoms with Gasteiger partial charge in [-0.3, -0.25) is 14.5 Å². The molecule has 1 unspecified atom stereocenters. The van der Waals surface area contributed by atoms with Crippen LogP contribution in [0.25, 0.3) is 5.76 Å². The molecule has 0 bridgehead atoms. The molecular formula is C31H34N2O4. The molecule has 1 amide bonds. The highest BCUT2D eigenvalue weighted by Crippen LogP contribution is 2.43. The molecule has 192 valence electrons. The lowest BCUT2D eigenvalue weighted by Gasteiger charge is -2.28. The molecule has 4 rings (SSSR count). The van der Waals surface area contributed by atoms with Gasteiger partial charge in [-0.05, 0) is 88.2 Å². The molecule has 1 saturated heterocycles. The average Bonchev–Trinajstić information content (AvgIpc) is 3.15. The van der Waals surface area contributed by atoms with E-state index in [4.69, 9.17) is 4.74 Å². The maximum Gasteiger partial charge on any atom is 0.300 e. The number of aliphatic hydroxyl groups is 1. The Bertz CT molecular complexity index is 1320. The van der Waals surface area contributed by atoms with E-state index >= 15 is 0 Å². The summed E-state index contributed by atoms with van der Waals surface area (Å²) in [5, 5.41) is 11.4. The summed E-state index contributed by atoms with van der Waals surface area (Å²) in [4.78, 5) is 30.7. The topological polar surface area (TPSA) is 70.1 Å². The normalized spacial score (nSPS) is 16.8. The van der Waals surface area contributed by atoms with E-state index in [1.807, 2.05) is 63.2 Å². The number of benzene rings is 3. The molecule has 0 saturated carbocycles. The van der Waals surface area contributed by atoms with Gasteiger partial charge in [0.05, 0.1) is 18.2 Å². The average molecular weight is 499 g/mol. The minimum atomic E-state index is -0.765. The second-order valence-electron chi connectivity index (χ2n) is 9.18. The van der Waals surface area contributed by atoms with E-state index in [2.05, 4.69) is 18.7 Å². The van der Waals surface area contributed by atoms with Crippen molar-refractivity contribution in [3.63, 3.8) is 0 Å². The molecule has 1 fully saturated rings. The van der Waals surface area contributed by atoms with E-state index in [9.17, 15) is 14.7 Å². The van der Waals surface area contributed by atoms with Crippen LogP contribution in [-0.2, 0) is 9.59 Å². The number of ether oxygens (including phenoxy) is 1. The van der Waals surface area contributed by atoms with Crippen LogP contribution in [0.15, 0.2) is 72.3 Å². The molecule has 37 heavy (non-hydrogen) atoms. The molecule has 1 aliphatic rings. The Morgan fingerprint density at radius 1 is 0.919 bits per heavy atom. The van der Waals surface area contributed by atoms with Crippen molar-refractivity contribution in [2.45, 2.75) is 40.7 Å². The van der Waals surface area contributed by atoms with Gasteiger partial charge in [0.2, 0.25) is 0 Å². The van der Waals surface area contributed by atoms with Crippen LogP contribution in [0.1, 0.15) is 49.1 Å². The van der Waals surface area contributed by atoms with Crippen molar-refractivity contribution in [1.29, 1.82) is 0 Å². The van der Waals surface area contributed by atoms with Gasteiger partial charge in [0.15, 0.2) is 0 Å². The Morgan fingerprint density at radius 2 is 1.57 bits per heavy atom. The van der Waals surface area contributed by atoms with E-state index in [0.29, 0.717) is 23.6 Å². The van der Waals surface area contributed by atoms with Crippen molar-refractivity contribution in [1.82, 2.24) is 0 Å². The SMILES string of the molecule is CCOc1ccc(/C(O)=C2\C(=O)C(=O)N(c3ccc(C)cc3C)C2c2ccc(N(CC)CC)cc2)cc1. The zero-order valence-corrected chi connectivity index (χ0v) is 22.1. The lowest BCUT2D eigenvalue weighted by Crippen LogP contribution is -2.30. The van der Waals surface area contributed by atoms with Crippen LogP contribution in [0.3, 0.4) is 0 Å². The summed E-state index contributed by atoms with van der Waals surface area (Å²) < 4.78 is 5.51. The van der Waals surface area contributed by atoms with Crippen LogP contribution >= 0.6 is 0 Å². The Hall–Kier alpha value is -4.06. The molecule has 6 heteroatoms. The summed E-state index contributed by atoms with van der Waals surface area (Å²) in [6, 6.07) is 19.8. The molecule has 0 spiro atoms. The molecule has 0 aromatic heterocycles. The number of hydrogen-bond donors (Lipinski definition) is 1. The number of nitrogens with zero attached hydrogens (tertiary/aromatic N) is 2. The number of aliphatic hydroxyl groups excluding tert-OH is 1. The Kier molecular flexibility index (Phi) is 7.67. The molecule has 1 aliphatic heterocycles. The van der Waals surface area contributed by atoms with E-state index in [1.54, 1.807) is 24.3 Å². The lowest BCUT2D eigenvalue weighted by molar-refractivity contribution is -0.132. The van der Waals surface area contributed by atoms with Gasteiger partial charge >= 0.3 is 0 Å². The third-order valence-corrected chi connectivity index (χ3v) is 6.83. The minimum absolute atomic E-state index is 0.0738. The maximum atomic E-state index is 13.5. The van der Waals surface area contributed by atoms with Crippen molar-refractivity contribution >= 4 is 28.8 Å². The first-order valence-electron chi connectivity index (χ1n) is 12.8. The monoisotopic (exact) mass is 498 g/mol. The van der Waals surface area contributed by atoms with Crippen molar-refractivity contribution < 1.29 is 19.4 Å². The fraction of sp³-hybridized carbons (Fsp3) is 0.290. The molecule has 1 N–H and O–H groups in total. The predicted molar refractivity (Wildman–Crippen MR) is 148 cm³/mol. The Morgan fingerprint density at radius 3 is 2.14 bits per heavy atom. The van der Waals surface area contributed by atoms with Gasteiger partial charge in [0.25, 0.3) is 11.7 Å². The molecule has 1 atom stereocenters. The maximum absolute atomic E-state index is 13.5. The van der Waals surface area contributed by atoms with Crippen LogP contribution in [-0.4, -0.2) is 36.5 Å². The number of aryl methyl sites for hydroxylation is 2. The van der Waals surface area contributed by atoms with Crippen LogP contribution in [0.2, 0.25) is 0 Å². The number of rotatable bonds is 8. The van der Waals surface area contributed by atoms with Crippen molar-refractivity contribution in [3.05, 3.63) is 94.6 Å². The van der Waals surface area contributed by atoms with Gasteiger partial charge in [0, 0.05) is 30.0 Å². The summed E-state index contributed by atoms with van der Waals surface area (Å²) >= 11 is 0. The van der Waals surface area contributed by atoms with E-state index in [0.717, 1.165) is 35.5 Å². The fourth-order valence-corrected chi connectivity index (χ4v) is 4.96. The minimum Gasteiger partial charge on any atom is -0.507 e. The van der Waals surface area contributed by atoms with Gasteiger partial charge in [-0.15, -0.1) is 0 Å². The number of amides is 1. The molecule has 6 nitrogen and oxygen atoms in total. The van der Waals surface area contributed by atoms with E-state index < -0.39 is 17.7 Å². The van der Waals surface area contributed by atoms with Gasteiger partial charge in [0.1, 0.15) is 11.5 Å². The van der Waals surface area contributed by atoms with Gasteiger partial charge in [-0.25, -0.2) is 0 Å². The number of ketones is 1. The van der Waals surface area contributed by atoms with Gasteiger partial charge in [-0.2, -0.15) is 0 Å². The number of carbonyl (C=O) groups is 2. The molecule has 0 radical (unpaired) electrons. The van der Waals surface area contributed by atoms with E-state index in [-0.39, 0.29) is 11.3 Å². The van der Waals surface area contributed by atoms with Crippen LogP contribution < -0.4 is 14.5 Å². The standard InChI is InChI=1S/C31H34N2O4/c1-6-32(7-2)24-14-10-22(11-15-24)28-27(29(34)23-12-16-25(17-13-23)37-8-3)30(35)31(36)33(28)26-18-9-20(4)19-21(26)5/h9-19,28,34H,6-8H2,1-5H3/b29-27+. The molecule has 1 heterocycles. The van der Waals surface area contributed by atoms with Crippen molar-refractivity contribution in [3.8, 4) is 5.75 Å². The second-order valence-corrected chi connectivity index (χ2v) is 9.18. The number of hydrogen-bond acceptors (Lipinski definition) is 5. The van der Waals surface area contributed by atoms with E-state index in [1.165, 1.54) is 4.90 Å². The van der Waals surface area contributed by atoms with Crippen molar-refractivity contribution in [2.75, 3.05) is 29.5 Å². The van der Waals surface area contributed by atoms with Crippen LogP contribution in [0.4, 0.5) is 11.4 Å². The summed E-state index contributed by atoms with van der Waals surface area (Å²) in [5.74, 6) is -0.897. The third kappa shape index (κ3) is 4.96. The summed E-state index contributed by atoms with van der Waals surface area (Å²) in [6.07, 6.45) is 0. The van der Waals surface area contributed by atoms with Crippen molar-refractivity contribution in [2.24, 2.45) is 0 Å². The molecule has 3 aromatic rings. The molecule has 0 aliphatic carbocycles. The predicted octanol–water partition coefficient (Wildman–Crippen LogP) is 6.17. The summed E-state index contributed by atoms with van der Waals surface area (Å²) in [5.41, 5.74) is 4.93. The highest BCUT2D eigenvalue weighted by molar-refractivity contribution is 6.51. The largest absolute Gasteiger partial charge is 0.507 e. The number of Topliss-reactive ketones (excluding diaryl/α,β-unsaturated/α-hetero) is 1. The van der Waals surface area contributed by atoms with Gasteiger partial charge < -0.3 is 14.7 Å². The summed E-state index contributed by atoms with van der Waals surface area (Å²) in [6.45, 7) is 12.3. The highest BCUT2D eigenvalue weighted by atomic mass is 16.5. The quantitative estimate of drug-likeness (QED) is 0.228. The first-order valence-corrected chi connectivity index (χ1v) is 12.8. The van der Waals surface area contributed by atoms with Gasteiger partial charge in [-0.1, -0.05) is 29.8 Å². The van der Waals surface area contributed by atoms with Crippen LogP contribution in [0.5, 0.6) is 5.75 Å². The Labute approximate surface area is 218 Å². The summed E-state index contributed by atoms with van der Waals surface area (Å²) in [7, 11) is 0. The number of anilines is 2. The van der Waals surface area contributed by atoms with Crippen LogP contribution in [0, 0.1) is 13.8 Å². The fourth-order valence-electron chi connectivity index (χ4n) is 4.96. The first-order chi connectivity index (χ1) is 17.8. The zero-order chi connectivity index (χ0) is 26.7. The lowest BCUT2D eigenvalue weighted by atomic mass is 9.94. The highest BCUT2D eigenvalue weighted by Gasteiger charge is 2.47. The molecule has 3 aromatic carbocycles. The zero-order valence-electron chi connectivity index (χ0n) is 22.1. The molecular weight excluding hydrogens is 464 g/mol. The second kappa shape index (κ2) is 10.9. The number of carbonyl (C=O) groups excluding carboxylic acids is 2.